The molecule has 0 atom stereocenters. The maximum absolute atomic E-state index is 12.2. The number of ether oxygens (including phenoxy) is 1. The molecule has 1 saturated heterocycles. The van der Waals surface area contributed by atoms with Crippen molar-refractivity contribution in [2.75, 3.05) is 33.0 Å². The average Bonchev–Trinajstić information content (AvgIpc) is 2.39. The van der Waals surface area contributed by atoms with Gasteiger partial charge in [0, 0.05) is 19.8 Å². The molecule has 0 saturated carbocycles. The van der Waals surface area contributed by atoms with Crippen LogP contribution in [0.15, 0.2) is 0 Å². The second-order valence-electron chi connectivity index (χ2n) is 4.93. The summed E-state index contributed by atoms with van der Waals surface area (Å²) < 4.78 is 5.23. The molecule has 1 aliphatic heterocycles. The maximum atomic E-state index is 12.2. The number of carbonyl (C=O) groups excluding carboxylic acids is 1. The van der Waals surface area contributed by atoms with Crippen LogP contribution in [0, 0.1) is 5.41 Å². The summed E-state index contributed by atoms with van der Waals surface area (Å²) >= 11 is 0. The largest absolute Gasteiger partial charge is 0.394 e. The standard InChI is InChI=1S/C11H22N2O4/c1-10(7-14,8-15)13-9(16)11(6-12)2-4-17-5-3-11/h14-15H,2-8,12H2,1H3,(H,13,16). The lowest BCUT2D eigenvalue weighted by Gasteiger charge is -2.38. The quantitative estimate of drug-likeness (QED) is 0.477. The van der Waals surface area contributed by atoms with Crippen LogP contribution < -0.4 is 11.1 Å². The summed E-state index contributed by atoms with van der Waals surface area (Å²) in [6, 6.07) is 0. The number of hydrogen-bond acceptors (Lipinski definition) is 5. The molecule has 0 radical (unpaired) electrons. The van der Waals surface area contributed by atoms with Gasteiger partial charge in [0.15, 0.2) is 0 Å². The van der Waals surface area contributed by atoms with Gasteiger partial charge in [-0.2, -0.15) is 0 Å². The molecule has 0 aromatic rings. The molecule has 0 aromatic heterocycles. The van der Waals surface area contributed by atoms with E-state index in [2.05, 4.69) is 5.32 Å². The summed E-state index contributed by atoms with van der Waals surface area (Å²) in [5.74, 6) is -0.214. The van der Waals surface area contributed by atoms with E-state index in [0.717, 1.165) is 0 Å². The zero-order chi connectivity index (χ0) is 12.9. The molecule has 1 fully saturated rings. The third-order valence-electron chi connectivity index (χ3n) is 3.44. The number of amides is 1. The molecule has 1 rings (SSSR count). The summed E-state index contributed by atoms with van der Waals surface area (Å²) in [6.45, 7) is 2.24. The van der Waals surface area contributed by atoms with E-state index in [9.17, 15) is 4.79 Å². The van der Waals surface area contributed by atoms with Crippen molar-refractivity contribution in [2.24, 2.45) is 11.1 Å². The second kappa shape index (κ2) is 5.77. The molecule has 1 heterocycles. The fraction of sp³-hybridized carbons (Fsp3) is 0.909. The second-order valence-corrected chi connectivity index (χ2v) is 4.93. The highest BCUT2D eigenvalue weighted by Crippen LogP contribution is 2.30. The minimum Gasteiger partial charge on any atom is -0.394 e. The van der Waals surface area contributed by atoms with Gasteiger partial charge >= 0.3 is 0 Å². The number of carbonyl (C=O) groups is 1. The van der Waals surface area contributed by atoms with Gasteiger partial charge in [0.05, 0.1) is 24.2 Å². The molecule has 1 amide bonds. The van der Waals surface area contributed by atoms with E-state index in [1.165, 1.54) is 0 Å². The SMILES string of the molecule is CC(CO)(CO)NC(=O)C1(CN)CCOCC1. The van der Waals surface area contributed by atoms with Crippen molar-refractivity contribution in [3.05, 3.63) is 0 Å². The van der Waals surface area contributed by atoms with Crippen molar-refractivity contribution in [1.82, 2.24) is 5.32 Å². The van der Waals surface area contributed by atoms with Crippen LogP contribution in [-0.2, 0) is 9.53 Å². The van der Waals surface area contributed by atoms with E-state index in [-0.39, 0.29) is 25.7 Å². The highest BCUT2D eigenvalue weighted by molar-refractivity contribution is 5.83. The van der Waals surface area contributed by atoms with Crippen molar-refractivity contribution in [2.45, 2.75) is 25.3 Å². The van der Waals surface area contributed by atoms with Crippen molar-refractivity contribution >= 4 is 5.91 Å². The molecule has 0 bridgehead atoms. The van der Waals surface area contributed by atoms with Gasteiger partial charge in [0.25, 0.3) is 0 Å². The van der Waals surface area contributed by atoms with Crippen molar-refractivity contribution < 1.29 is 19.7 Å². The third kappa shape index (κ3) is 3.16. The number of rotatable bonds is 5. The molecule has 5 N–H and O–H groups in total. The van der Waals surface area contributed by atoms with Crippen LogP contribution in [0.4, 0.5) is 0 Å². The first kappa shape index (κ1) is 14.4. The van der Waals surface area contributed by atoms with Gasteiger partial charge in [-0.25, -0.2) is 0 Å². The molecule has 0 unspecified atom stereocenters. The smallest absolute Gasteiger partial charge is 0.228 e. The van der Waals surface area contributed by atoms with Crippen LogP contribution in [0.3, 0.4) is 0 Å². The summed E-state index contributed by atoms with van der Waals surface area (Å²) in [4.78, 5) is 12.2. The number of nitrogens with one attached hydrogen (secondary N) is 1. The van der Waals surface area contributed by atoms with Crippen LogP contribution in [0.25, 0.3) is 0 Å². The van der Waals surface area contributed by atoms with Crippen LogP contribution in [0.5, 0.6) is 0 Å². The predicted molar refractivity (Wildman–Crippen MR) is 62.3 cm³/mol. The van der Waals surface area contributed by atoms with Gasteiger partial charge in [-0.05, 0) is 19.8 Å². The van der Waals surface area contributed by atoms with E-state index >= 15 is 0 Å². The Labute approximate surface area is 101 Å². The van der Waals surface area contributed by atoms with Gasteiger partial charge in [0.2, 0.25) is 5.91 Å². The summed E-state index contributed by atoms with van der Waals surface area (Å²) in [6.07, 6.45) is 1.14. The molecule has 0 aliphatic carbocycles. The Morgan fingerprint density at radius 3 is 2.35 bits per heavy atom. The predicted octanol–water partition coefficient (Wildman–Crippen LogP) is -1.40. The Morgan fingerprint density at radius 2 is 1.94 bits per heavy atom. The zero-order valence-corrected chi connectivity index (χ0v) is 10.2. The van der Waals surface area contributed by atoms with E-state index in [4.69, 9.17) is 20.7 Å². The van der Waals surface area contributed by atoms with Crippen LogP contribution >= 0.6 is 0 Å². The molecule has 0 aromatic carbocycles. The number of hydrogen-bond donors (Lipinski definition) is 4. The first-order valence-corrected chi connectivity index (χ1v) is 5.84. The molecular weight excluding hydrogens is 224 g/mol. The Morgan fingerprint density at radius 1 is 1.41 bits per heavy atom. The molecule has 6 nitrogen and oxygen atoms in total. The van der Waals surface area contributed by atoms with Gasteiger partial charge in [-0.3, -0.25) is 4.79 Å². The first-order valence-electron chi connectivity index (χ1n) is 5.84. The summed E-state index contributed by atoms with van der Waals surface area (Å²) in [7, 11) is 0. The lowest BCUT2D eigenvalue weighted by atomic mass is 9.78. The van der Waals surface area contributed by atoms with E-state index < -0.39 is 11.0 Å². The highest BCUT2D eigenvalue weighted by atomic mass is 16.5. The van der Waals surface area contributed by atoms with E-state index in [1.54, 1.807) is 6.92 Å². The van der Waals surface area contributed by atoms with Crippen LogP contribution in [0.1, 0.15) is 19.8 Å². The Balaban J connectivity index is 2.72. The van der Waals surface area contributed by atoms with Crippen molar-refractivity contribution in [3.63, 3.8) is 0 Å². The van der Waals surface area contributed by atoms with Gasteiger partial charge in [0.1, 0.15) is 0 Å². The fourth-order valence-corrected chi connectivity index (χ4v) is 1.82. The van der Waals surface area contributed by atoms with Crippen molar-refractivity contribution in [1.29, 1.82) is 0 Å². The Hall–Kier alpha value is -0.690. The van der Waals surface area contributed by atoms with Crippen LogP contribution in [-0.4, -0.2) is 54.6 Å². The highest BCUT2D eigenvalue weighted by Gasteiger charge is 2.41. The van der Waals surface area contributed by atoms with Gasteiger partial charge in [-0.1, -0.05) is 0 Å². The maximum Gasteiger partial charge on any atom is 0.228 e. The molecular formula is C11H22N2O4. The third-order valence-corrected chi connectivity index (χ3v) is 3.44. The first-order chi connectivity index (χ1) is 8.02. The zero-order valence-electron chi connectivity index (χ0n) is 10.2. The summed E-state index contributed by atoms with van der Waals surface area (Å²) in [5, 5.41) is 21.0. The molecule has 6 heteroatoms. The molecule has 1 aliphatic rings. The monoisotopic (exact) mass is 246 g/mol. The van der Waals surface area contributed by atoms with Gasteiger partial charge < -0.3 is 26.0 Å². The van der Waals surface area contributed by atoms with E-state index in [1.807, 2.05) is 0 Å². The Bertz CT molecular complexity index is 260. The molecule has 0 spiro atoms. The number of aliphatic hydroxyl groups excluding tert-OH is 2. The lowest BCUT2D eigenvalue weighted by molar-refractivity contribution is -0.139. The normalized spacial score (nSPS) is 20.0. The summed E-state index contributed by atoms with van der Waals surface area (Å²) in [5.41, 5.74) is 4.06. The minimum atomic E-state index is -1.00. The average molecular weight is 246 g/mol. The minimum absolute atomic E-state index is 0.214. The lowest BCUT2D eigenvalue weighted by Crippen LogP contribution is -2.58. The van der Waals surface area contributed by atoms with E-state index in [0.29, 0.717) is 26.1 Å². The Kier molecular flexibility index (Phi) is 4.88. The molecule has 17 heavy (non-hydrogen) atoms. The number of aliphatic hydroxyl groups is 2. The van der Waals surface area contributed by atoms with Crippen molar-refractivity contribution in [3.8, 4) is 0 Å². The number of nitrogens with two attached hydrogens (primary N) is 1. The van der Waals surface area contributed by atoms with Crippen LogP contribution in [0.2, 0.25) is 0 Å². The molecule has 100 valence electrons. The topological polar surface area (TPSA) is 105 Å². The fourth-order valence-electron chi connectivity index (χ4n) is 1.82. The van der Waals surface area contributed by atoms with Gasteiger partial charge in [-0.15, -0.1) is 0 Å².